The number of para-hydroxylation sites is 1. The van der Waals surface area contributed by atoms with Crippen LogP contribution in [0.25, 0.3) is 10.8 Å². The fourth-order valence-corrected chi connectivity index (χ4v) is 6.03. The second kappa shape index (κ2) is 18.7. The average molecular weight is 820 g/mol. The molecule has 0 bridgehead atoms. The molecule has 304 valence electrons. The van der Waals surface area contributed by atoms with Crippen LogP contribution in [0.4, 0.5) is 58.2 Å². The lowest BCUT2D eigenvalue weighted by molar-refractivity contribution is -0.129. The van der Waals surface area contributed by atoms with Crippen LogP contribution in [0.1, 0.15) is 11.4 Å². The predicted octanol–water partition coefficient (Wildman–Crippen LogP) is 9.70. The Hall–Kier alpha value is -8.98. The molecule has 0 atom stereocenters. The van der Waals surface area contributed by atoms with Crippen LogP contribution in [0, 0.1) is 0 Å². The first-order valence-electron chi connectivity index (χ1n) is 19.2. The minimum absolute atomic E-state index is 0.279. The van der Waals surface area contributed by atoms with Crippen LogP contribution in [-0.4, -0.2) is 41.8 Å². The van der Waals surface area contributed by atoms with E-state index in [2.05, 4.69) is 59.7 Å². The van der Waals surface area contributed by atoms with Crippen molar-refractivity contribution in [2.75, 3.05) is 26.6 Å². The number of aromatic nitrogens is 6. The van der Waals surface area contributed by atoms with Crippen molar-refractivity contribution in [2.45, 2.75) is 6.42 Å². The molecule has 2 heterocycles. The number of nitrogens with one attached hydrogen (secondary N) is 5. The van der Waals surface area contributed by atoms with E-state index in [0.717, 1.165) is 45.6 Å². The topological polar surface area (TPSA) is 190 Å². The molecule has 0 saturated heterocycles. The number of fused-ring (bicyclic) bond motifs is 1. The summed E-state index contributed by atoms with van der Waals surface area (Å²) in [6, 6.07) is 45.0. The molecule has 2 aromatic heterocycles. The molecule has 62 heavy (non-hydrogen) atoms. The largest absolute Gasteiger partial charge is 0.423 e. The summed E-state index contributed by atoms with van der Waals surface area (Å²) < 4.78 is 10.4. The summed E-state index contributed by atoms with van der Waals surface area (Å²) in [6.45, 7) is 6.86. The third-order valence-electron chi connectivity index (χ3n) is 8.90. The van der Waals surface area contributed by atoms with Crippen LogP contribution in [-0.2, 0) is 16.0 Å². The van der Waals surface area contributed by atoms with Crippen molar-refractivity contribution < 1.29 is 19.1 Å². The third-order valence-corrected chi connectivity index (χ3v) is 8.90. The van der Waals surface area contributed by atoms with Gasteiger partial charge >= 0.3 is 11.9 Å². The van der Waals surface area contributed by atoms with E-state index >= 15 is 0 Å². The van der Waals surface area contributed by atoms with Crippen LogP contribution in [0.2, 0.25) is 0 Å². The van der Waals surface area contributed by atoms with Gasteiger partial charge in [0.2, 0.25) is 29.7 Å². The molecule has 0 unspecified atom stereocenters. The Labute approximate surface area is 355 Å². The smallest absolute Gasteiger partial charge is 0.335 e. The van der Waals surface area contributed by atoms with Gasteiger partial charge in [-0.1, -0.05) is 73.8 Å². The molecule has 6 aromatic carbocycles. The van der Waals surface area contributed by atoms with Gasteiger partial charge in [-0.05, 0) is 101 Å². The molecule has 15 heteroatoms. The number of carbonyl (C=O) groups is 2. The number of hydrogen-bond acceptors (Lipinski definition) is 15. The maximum Gasteiger partial charge on any atom is 0.335 e. The standard InChI is InChI=1S/C47H37N11O4/c1-3-41(59)61-38-23-19-34(20-24-38)49-43-53-40(27-30-11-7-5-8-12-30)54-44(55-43)51-36-17-15-32-29-37(18-16-31(32)28-36)52-47-57-45(48-33-13-9-6-10-14-33)56-46(58-47)50-35-21-25-39(26-22-35)62-42(60)4-2/h3-26,28-29H,1-2,27H2,(H2,49,51,53,54,55)(H3,48,50,52,56,57,58). The van der Waals surface area contributed by atoms with Crippen molar-refractivity contribution in [2.24, 2.45) is 0 Å². The van der Waals surface area contributed by atoms with E-state index in [0.29, 0.717) is 58.9 Å². The van der Waals surface area contributed by atoms with Crippen LogP contribution < -0.4 is 36.1 Å². The van der Waals surface area contributed by atoms with Crippen molar-refractivity contribution in [3.8, 4) is 11.5 Å². The van der Waals surface area contributed by atoms with E-state index in [9.17, 15) is 9.59 Å². The van der Waals surface area contributed by atoms with Gasteiger partial charge in [-0.2, -0.15) is 29.9 Å². The number of benzene rings is 6. The Bertz CT molecular complexity index is 2680. The molecule has 0 amide bonds. The van der Waals surface area contributed by atoms with E-state index in [4.69, 9.17) is 19.4 Å². The lowest BCUT2D eigenvalue weighted by Gasteiger charge is -2.13. The number of esters is 2. The lowest BCUT2D eigenvalue weighted by Crippen LogP contribution is -2.08. The van der Waals surface area contributed by atoms with Crippen molar-refractivity contribution in [1.29, 1.82) is 0 Å². The second-order valence-corrected chi connectivity index (χ2v) is 13.4. The van der Waals surface area contributed by atoms with Crippen molar-refractivity contribution in [1.82, 2.24) is 29.9 Å². The van der Waals surface area contributed by atoms with E-state index in [1.165, 1.54) is 0 Å². The zero-order chi connectivity index (χ0) is 42.7. The maximum atomic E-state index is 11.6. The summed E-state index contributed by atoms with van der Waals surface area (Å²) in [5.74, 6) is 1.82. The molecule has 15 nitrogen and oxygen atoms in total. The zero-order valence-corrected chi connectivity index (χ0v) is 32.9. The van der Waals surface area contributed by atoms with E-state index in [1.807, 2.05) is 97.1 Å². The van der Waals surface area contributed by atoms with E-state index < -0.39 is 11.9 Å². The molecule has 5 N–H and O–H groups in total. The molecule has 8 rings (SSSR count). The van der Waals surface area contributed by atoms with Crippen LogP contribution >= 0.6 is 0 Å². The zero-order valence-electron chi connectivity index (χ0n) is 32.9. The fourth-order valence-electron chi connectivity index (χ4n) is 6.03. The van der Waals surface area contributed by atoms with Gasteiger partial charge in [0.1, 0.15) is 17.3 Å². The first kappa shape index (κ1) is 39.8. The molecule has 0 spiro atoms. The molecule has 0 aliphatic carbocycles. The van der Waals surface area contributed by atoms with Gasteiger partial charge in [-0.3, -0.25) is 0 Å². The van der Waals surface area contributed by atoms with Gasteiger partial charge in [0.15, 0.2) is 0 Å². The summed E-state index contributed by atoms with van der Waals surface area (Å²) in [4.78, 5) is 51.2. The highest BCUT2D eigenvalue weighted by atomic mass is 16.5. The van der Waals surface area contributed by atoms with E-state index in [1.54, 1.807) is 48.5 Å². The van der Waals surface area contributed by atoms with E-state index in [-0.39, 0.29) is 5.95 Å². The molecule has 0 aliphatic heterocycles. The highest BCUT2D eigenvalue weighted by Gasteiger charge is 2.12. The Balaban J connectivity index is 1.01. The molecule has 0 aliphatic rings. The van der Waals surface area contributed by atoms with Crippen molar-refractivity contribution >= 4 is 80.9 Å². The Kier molecular flexibility index (Phi) is 12.0. The molecule has 0 fully saturated rings. The Morgan fingerprint density at radius 2 is 0.790 bits per heavy atom. The predicted molar refractivity (Wildman–Crippen MR) is 240 cm³/mol. The molecule has 8 aromatic rings. The average Bonchev–Trinajstić information content (AvgIpc) is 3.28. The minimum Gasteiger partial charge on any atom is -0.423 e. The van der Waals surface area contributed by atoms with Gasteiger partial charge in [0, 0.05) is 47.0 Å². The second-order valence-electron chi connectivity index (χ2n) is 13.4. The van der Waals surface area contributed by atoms with Crippen molar-refractivity contribution in [3.05, 3.63) is 182 Å². The maximum absolute atomic E-state index is 11.6. The van der Waals surface area contributed by atoms with Crippen molar-refractivity contribution in [3.63, 3.8) is 0 Å². The molecule has 0 radical (unpaired) electrons. The Morgan fingerprint density at radius 3 is 1.21 bits per heavy atom. The normalized spacial score (nSPS) is 10.6. The Morgan fingerprint density at radius 1 is 0.435 bits per heavy atom. The quantitative estimate of drug-likeness (QED) is 0.0352. The van der Waals surface area contributed by atoms with Crippen LogP contribution in [0.3, 0.4) is 0 Å². The van der Waals surface area contributed by atoms with Crippen LogP contribution in [0.15, 0.2) is 171 Å². The number of ether oxygens (including phenoxy) is 2. The summed E-state index contributed by atoms with van der Waals surface area (Å²) >= 11 is 0. The highest BCUT2D eigenvalue weighted by Crippen LogP contribution is 2.28. The molecular formula is C47H37N11O4. The van der Waals surface area contributed by atoms with Crippen LogP contribution in [0.5, 0.6) is 11.5 Å². The summed E-state index contributed by atoms with van der Waals surface area (Å²) in [7, 11) is 0. The number of hydrogen-bond donors (Lipinski definition) is 5. The monoisotopic (exact) mass is 819 g/mol. The SMILES string of the molecule is C=CC(=O)Oc1ccc(Nc2nc(Cc3ccccc3)nc(Nc3ccc4cc(Nc5nc(Nc6ccccc6)nc(Nc6ccc(OC(=O)C=C)cc6)n5)ccc4c3)n2)cc1. The van der Waals surface area contributed by atoms with Gasteiger partial charge in [-0.15, -0.1) is 0 Å². The first-order valence-corrected chi connectivity index (χ1v) is 19.2. The number of rotatable bonds is 16. The highest BCUT2D eigenvalue weighted by molar-refractivity contribution is 5.89. The molecule has 0 saturated carbocycles. The van der Waals surface area contributed by atoms with Gasteiger partial charge in [0.05, 0.1) is 0 Å². The summed E-state index contributed by atoms with van der Waals surface area (Å²) in [5, 5.41) is 18.3. The number of carbonyl (C=O) groups excluding carboxylic acids is 2. The number of nitrogens with zero attached hydrogens (tertiary/aromatic N) is 6. The first-order chi connectivity index (χ1) is 30.3. The fraction of sp³-hybridized carbons (Fsp3) is 0.0213. The minimum atomic E-state index is -0.547. The van der Waals surface area contributed by atoms with Gasteiger partial charge in [0.25, 0.3) is 0 Å². The third kappa shape index (κ3) is 10.7. The number of anilines is 10. The van der Waals surface area contributed by atoms with Gasteiger partial charge < -0.3 is 36.1 Å². The molecular weight excluding hydrogens is 783 g/mol. The van der Waals surface area contributed by atoms with Gasteiger partial charge in [-0.25, -0.2) is 9.59 Å². The summed E-state index contributed by atoms with van der Waals surface area (Å²) in [5.41, 5.74) is 4.72. The summed E-state index contributed by atoms with van der Waals surface area (Å²) in [6.07, 6.45) is 2.70. The lowest BCUT2D eigenvalue weighted by atomic mass is 10.1.